The fourth-order valence-electron chi connectivity index (χ4n) is 2.16. The molecule has 5 nitrogen and oxygen atoms in total. The Bertz CT molecular complexity index is 538. The van der Waals surface area contributed by atoms with E-state index in [4.69, 9.17) is 9.47 Å². The Balaban J connectivity index is 2.05. The van der Waals surface area contributed by atoms with Crippen molar-refractivity contribution in [3.8, 4) is 0 Å². The summed E-state index contributed by atoms with van der Waals surface area (Å²) in [4.78, 5) is 23.4. The van der Waals surface area contributed by atoms with Crippen molar-refractivity contribution in [3.63, 3.8) is 0 Å². The van der Waals surface area contributed by atoms with Gasteiger partial charge in [0.1, 0.15) is 0 Å². The molecule has 0 saturated carbocycles. The van der Waals surface area contributed by atoms with Crippen LogP contribution in [0.2, 0.25) is 0 Å². The quantitative estimate of drug-likeness (QED) is 0.820. The van der Waals surface area contributed by atoms with Crippen LogP contribution in [0.25, 0.3) is 0 Å². The van der Waals surface area contributed by atoms with Crippen LogP contribution < -0.4 is 5.32 Å². The fraction of sp³-hybridized carbons (Fsp3) is 0.333. The molecule has 0 aromatic heterocycles. The second-order valence-electron chi connectivity index (χ2n) is 4.69. The molecule has 1 aliphatic rings. The number of carbonyl (C=O) groups is 2. The summed E-state index contributed by atoms with van der Waals surface area (Å²) in [7, 11) is 1.29. The Labute approximate surface area is 117 Å². The molecule has 0 aliphatic carbocycles. The summed E-state index contributed by atoms with van der Waals surface area (Å²) in [5.41, 5.74) is 0.390. The Kier molecular flexibility index (Phi) is 4.20. The Morgan fingerprint density at radius 1 is 1.30 bits per heavy atom. The topological polar surface area (TPSA) is 64.6 Å². The standard InChI is InChI=1S/C15H17NO4/c1-11-8-13(17)16-15(11,14(18)19-2)10-20-9-12-6-4-3-5-7-12/h3-8H,9-10H2,1-2H3,(H,16,17)/t15-/m1/s1. The van der Waals surface area contributed by atoms with E-state index in [9.17, 15) is 9.59 Å². The molecule has 0 bridgehead atoms. The molecule has 0 unspecified atom stereocenters. The number of methoxy groups -OCH3 is 1. The zero-order valence-electron chi connectivity index (χ0n) is 11.5. The molecule has 5 heteroatoms. The number of ether oxygens (including phenoxy) is 2. The van der Waals surface area contributed by atoms with E-state index in [-0.39, 0.29) is 12.5 Å². The van der Waals surface area contributed by atoms with Crippen molar-refractivity contribution in [2.75, 3.05) is 13.7 Å². The highest BCUT2D eigenvalue weighted by Crippen LogP contribution is 2.24. The molecule has 0 radical (unpaired) electrons. The van der Waals surface area contributed by atoms with Crippen LogP contribution in [-0.2, 0) is 25.7 Å². The van der Waals surface area contributed by atoms with Crippen LogP contribution in [0.15, 0.2) is 42.0 Å². The van der Waals surface area contributed by atoms with Crippen molar-refractivity contribution in [3.05, 3.63) is 47.5 Å². The molecule has 0 fully saturated rings. The molecule has 0 spiro atoms. The summed E-state index contributed by atoms with van der Waals surface area (Å²) in [6.07, 6.45) is 1.39. The molecule has 2 rings (SSSR count). The lowest BCUT2D eigenvalue weighted by atomic mass is 9.94. The van der Waals surface area contributed by atoms with E-state index < -0.39 is 11.5 Å². The molecule has 1 amide bonds. The van der Waals surface area contributed by atoms with Crippen LogP contribution in [0, 0.1) is 0 Å². The first-order valence-electron chi connectivity index (χ1n) is 6.29. The normalized spacial score (nSPS) is 21.3. The van der Waals surface area contributed by atoms with Crippen LogP contribution in [-0.4, -0.2) is 31.1 Å². The van der Waals surface area contributed by atoms with Crippen molar-refractivity contribution < 1.29 is 19.1 Å². The minimum atomic E-state index is -1.21. The van der Waals surface area contributed by atoms with Crippen molar-refractivity contribution >= 4 is 11.9 Å². The Morgan fingerprint density at radius 2 is 2.00 bits per heavy atom. The van der Waals surface area contributed by atoms with Gasteiger partial charge in [-0.25, -0.2) is 4.79 Å². The van der Waals surface area contributed by atoms with Gasteiger partial charge in [0.2, 0.25) is 5.91 Å². The summed E-state index contributed by atoms with van der Waals surface area (Å²) < 4.78 is 10.4. The molecule has 1 atom stereocenters. The third-order valence-electron chi connectivity index (χ3n) is 3.32. The summed E-state index contributed by atoms with van der Waals surface area (Å²) in [5.74, 6) is -0.832. The third-order valence-corrected chi connectivity index (χ3v) is 3.32. The molecule has 1 aliphatic heterocycles. The number of amides is 1. The molecule has 1 heterocycles. The SMILES string of the molecule is COC(=O)[C@]1(COCc2ccccc2)NC(=O)C=C1C. The first-order valence-corrected chi connectivity index (χ1v) is 6.29. The van der Waals surface area contributed by atoms with E-state index in [0.717, 1.165) is 5.56 Å². The Hall–Kier alpha value is -2.14. The van der Waals surface area contributed by atoms with Gasteiger partial charge in [0.25, 0.3) is 0 Å². The lowest BCUT2D eigenvalue weighted by molar-refractivity contribution is -0.150. The van der Waals surface area contributed by atoms with Crippen LogP contribution in [0.4, 0.5) is 0 Å². The van der Waals surface area contributed by atoms with Crippen LogP contribution in [0.1, 0.15) is 12.5 Å². The number of esters is 1. The minimum absolute atomic E-state index is 0.0443. The highest BCUT2D eigenvalue weighted by atomic mass is 16.5. The molecule has 1 aromatic carbocycles. The van der Waals surface area contributed by atoms with Gasteiger partial charge in [-0.15, -0.1) is 0 Å². The second kappa shape index (κ2) is 5.88. The predicted molar refractivity (Wildman–Crippen MR) is 72.7 cm³/mol. The maximum absolute atomic E-state index is 12.0. The number of benzene rings is 1. The smallest absolute Gasteiger partial charge is 0.338 e. The maximum atomic E-state index is 12.0. The summed E-state index contributed by atoms with van der Waals surface area (Å²) >= 11 is 0. The lowest BCUT2D eigenvalue weighted by Gasteiger charge is -2.28. The average Bonchev–Trinajstić information content (AvgIpc) is 2.74. The first kappa shape index (κ1) is 14.3. The number of nitrogens with one attached hydrogen (secondary N) is 1. The molecule has 1 N–H and O–H groups in total. The zero-order chi connectivity index (χ0) is 14.6. The number of hydrogen-bond donors (Lipinski definition) is 1. The van der Waals surface area contributed by atoms with E-state index >= 15 is 0 Å². The van der Waals surface area contributed by atoms with Gasteiger partial charge < -0.3 is 14.8 Å². The van der Waals surface area contributed by atoms with Crippen LogP contribution >= 0.6 is 0 Å². The van der Waals surface area contributed by atoms with Gasteiger partial charge in [-0.2, -0.15) is 0 Å². The van der Waals surface area contributed by atoms with Crippen LogP contribution in [0.3, 0.4) is 0 Å². The highest BCUT2D eigenvalue weighted by molar-refractivity contribution is 6.01. The molecule has 106 valence electrons. The van der Waals surface area contributed by atoms with Crippen molar-refractivity contribution in [1.82, 2.24) is 5.32 Å². The third kappa shape index (κ3) is 2.72. The number of carbonyl (C=O) groups excluding carboxylic acids is 2. The second-order valence-corrected chi connectivity index (χ2v) is 4.69. The maximum Gasteiger partial charge on any atom is 0.338 e. The van der Waals surface area contributed by atoms with E-state index in [1.54, 1.807) is 6.92 Å². The number of rotatable bonds is 5. The fourth-order valence-corrected chi connectivity index (χ4v) is 2.16. The monoisotopic (exact) mass is 275 g/mol. The van der Waals surface area contributed by atoms with E-state index in [1.807, 2.05) is 30.3 Å². The average molecular weight is 275 g/mol. The molecule has 20 heavy (non-hydrogen) atoms. The van der Waals surface area contributed by atoms with Gasteiger partial charge >= 0.3 is 5.97 Å². The first-order chi connectivity index (χ1) is 9.58. The van der Waals surface area contributed by atoms with Crippen molar-refractivity contribution in [2.45, 2.75) is 19.1 Å². The zero-order valence-corrected chi connectivity index (χ0v) is 11.5. The molecule has 1 aromatic rings. The van der Waals surface area contributed by atoms with E-state index in [2.05, 4.69) is 5.32 Å². The predicted octanol–water partition coefficient (Wildman–Crippen LogP) is 1.19. The van der Waals surface area contributed by atoms with E-state index in [1.165, 1.54) is 13.2 Å². The summed E-state index contributed by atoms with van der Waals surface area (Å²) in [6, 6.07) is 9.61. The molecular formula is C15H17NO4. The highest BCUT2D eigenvalue weighted by Gasteiger charge is 2.46. The van der Waals surface area contributed by atoms with Gasteiger partial charge in [-0.3, -0.25) is 4.79 Å². The van der Waals surface area contributed by atoms with Gasteiger partial charge in [-0.05, 0) is 18.1 Å². The van der Waals surface area contributed by atoms with Crippen molar-refractivity contribution in [1.29, 1.82) is 0 Å². The van der Waals surface area contributed by atoms with Gasteiger partial charge in [0, 0.05) is 6.08 Å². The van der Waals surface area contributed by atoms with Gasteiger partial charge in [0.15, 0.2) is 5.54 Å². The van der Waals surface area contributed by atoms with Gasteiger partial charge in [-0.1, -0.05) is 30.3 Å². The van der Waals surface area contributed by atoms with Crippen molar-refractivity contribution in [2.24, 2.45) is 0 Å². The summed E-state index contributed by atoms with van der Waals surface area (Å²) in [6.45, 7) is 2.12. The summed E-state index contributed by atoms with van der Waals surface area (Å²) in [5, 5.41) is 2.62. The van der Waals surface area contributed by atoms with Crippen LogP contribution in [0.5, 0.6) is 0 Å². The molecule has 0 saturated heterocycles. The molecular weight excluding hydrogens is 258 g/mol. The number of hydrogen-bond acceptors (Lipinski definition) is 4. The largest absolute Gasteiger partial charge is 0.467 e. The van der Waals surface area contributed by atoms with E-state index in [0.29, 0.717) is 12.2 Å². The minimum Gasteiger partial charge on any atom is -0.467 e. The van der Waals surface area contributed by atoms with Gasteiger partial charge in [0.05, 0.1) is 20.3 Å². The lowest BCUT2D eigenvalue weighted by Crippen LogP contribution is -2.55. The Morgan fingerprint density at radius 3 is 2.55 bits per heavy atom.